The number of carbonyl (C=O) groups excluding carboxylic acids is 1. The fourth-order valence-corrected chi connectivity index (χ4v) is 2.39. The Kier molecular flexibility index (Phi) is 4.68. The molecule has 1 aliphatic carbocycles. The second-order valence-electron chi connectivity index (χ2n) is 5.28. The van der Waals surface area contributed by atoms with Crippen LogP contribution in [-0.2, 0) is 0 Å². The summed E-state index contributed by atoms with van der Waals surface area (Å²) in [5.41, 5.74) is 2.70. The van der Waals surface area contributed by atoms with Gasteiger partial charge in [-0.1, -0.05) is 19.8 Å². The average Bonchev–Trinajstić information content (AvgIpc) is 2.46. The summed E-state index contributed by atoms with van der Waals surface area (Å²) in [6.07, 6.45) is 4.92. The van der Waals surface area contributed by atoms with Crippen molar-refractivity contribution in [2.75, 3.05) is 12.0 Å². The van der Waals surface area contributed by atoms with E-state index in [4.69, 9.17) is 5.84 Å². The fourth-order valence-electron chi connectivity index (χ4n) is 2.39. The molecule has 0 spiro atoms. The van der Waals surface area contributed by atoms with E-state index in [9.17, 15) is 4.79 Å². The highest BCUT2D eigenvalue weighted by atomic mass is 16.1. The van der Waals surface area contributed by atoms with E-state index in [0.29, 0.717) is 17.4 Å². The number of hydrazine groups is 1. The van der Waals surface area contributed by atoms with Crippen LogP contribution < -0.4 is 16.6 Å². The minimum Gasteiger partial charge on any atom is -0.350 e. The maximum Gasteiger partial charge on any atom is 0.271 e. The summed E-state index contributed by atoms with van der Waals surface area (Å²) in [7, 11) is 0. The minimum absolute atomic E-state index is 0.172. The van der Waals surface area contributed by atoms with Gasteiger partial charge in [-0.25, -0.2) is 5.84 Å². The standard InChI is InChI=1S/C13H21N5O/c1-9-2-4-10(5-3-9)8-15-13(19)11-6-7-12(16-14)18-17-11/h6-7,9-10H,2-5,8,14H2,1H3,(H,15,19)(H,16,18). The number of anilines is 1. The van der Waals surface area contributed by atoms with Crippen LogP contribution in [-0.4, -0.2) is 22.6 Å². The molecule has 6 nitrogen and oxygen atoms in total. The van der Waals surface area contributed by atoms with E-state index in [2.05, 4.69) is 27.9 Å². The Labute approximate surface area is 113 Å². The smallest absolute Gasteiger partial charge is 0.271 e. The Balaban J connectivity index is 1.80. The number of rotatable bonds is 4. The zero-order chi connectivity index (χ0) is 13.7. The second kappa shape index (κ2) is 6.47. The summed E-state index contributed by atoms with van der Waals surface area (Å²) in [5, 5.41) is 10.5. The second-order valence-corrected chi connectivity index (χ2v) is 5.28. The van der Waals surface area contributed by atoms with Crippen molar-refractivity contribution in [2.45, 2.75) is 32.6 Å². The van der Waals surface area contributed by atoms with Gasteiger partial charge in [-0.15, -0.1) is 10.2 Å². The van der Waals surface area contributed by atoms with Gasteiger partial charge in [0, 0.05) is 6.54 Å². The van der Waals surface area contributed by atoms with Crippen molar-refractivity contribution in [1.82, 2.24) is 15.5 Å². The number of hydrogen-bond acceptors (Lipinski definition) is 5. The van der Waals surface area contributed by atoms with E-state index in [-0.39, 0.29) is 5.91 Å². The molecule has 1 aromatic heterocycles. The van der Waals surface area contributed by atoms with Gasteiger partial charge < -0.3 is 10.7 Å². The Hall–Kier alpha value is -1.69. The molecule has 1 heterocycles. The topological polar surface area (TPSA) is 92.9 Å². The number of nitrogens with zero attached hydrogens (tertiary/aromatic N) is 2. The molecule has 0 aromatic carbocycles. The summed E-state index contributed by atoms with van der Waals surface area (Å²) >= 11 is 0. The van der Waals surface area contributed by atoms with Crippen molar-refractivity contribution in [3.8, 4) is 0 Å². The molecule has 1 amide bonds. The van der Waals surface area contributed by atoms with Crippen LogP contribution >= 0.6 is 0 Å². The molecule has 1 aromatic rings. The van der Waals surface area contributed by atoms with Crippen molar-refractivity contribution >= 4 is 11.7 Å². The first-order chi connectivity index (χ1) is 9.19. The van der Waals surface area contributed by atoms with E-state index in [0.717, 1.165) is 12.5 Å². The molecular formula is C13H21N5O. The SMILES string of the molecule is CC1CCC(CNC(=O)c2ccc(NN)nn2)CC1. The van der Waals surface area contributed by atoms with Crippen molar-refractivity contribution in [1.29, 1.82) is 0 Å². The van der Waals surface area contributed by atoms with E-state index in [1.54, 1.807) is 12.1 Å². The van der Waals surface area contributed by atoms with Crippen LogP contribution in [0.15, 0.2) is 12.1 Å². The molecule has 104 valence electrons. The summed E-state index contributed by atoms with van der Waals surface area (Å²) in [6, 6.07) is 3.24. The predicted molar refractivity (Wildman–Crippen MR) is 73.3 cm³/mol. The molecule has 6 heteroatoms. The highest BCUT2D eigenvalue weighted by Crippen LogP contribution is 2.27. The summed E-state index contributed by atoms with van der Waals surface area (Å²) in [5.74, 6) is 6.88. The monoisotopic (exact) mass is 263 g/mol. The molecule has 1 fully saturated rings. The zero-order valence-corrected chi connectivity index (χ0v) is 11.2. The molecule has 2 rings (SSSR count). The van der Waals surface area contributed by atoms with E-state index >= 15 is 0 Å². The summed E-state index contributed by atoms with van der Waals surface area (Å²) in [6.45, 7) is 3.02. The molecule has 0 unspecified atom stereocenters. The lowest BCUT2D eigenvalue weighted by Crippen LogP contribution is -2.31. The maximum absolute atomic E-state index is 11.9. The van der Waals surface area contributed by atoms with E-state index < -0.39 is 0 Å². The molecule has 4 N–H and O–H groups in total. The minimum atomic E-state index is -0.172. The van der Waals surface area contributed by atoms with Crippen LogP contribution in [0.4, 0.5) is 5.82 Å². The number of nitrogen functional groups attached to an aromatic ring is 1. The number of carbonyl (C=O) groups is 1. The van der Waals surface area contributed by atoms with Gasteiger partial charge in [-0.2, -0.15) is 0 Å². The van der Waals surface area contributed by atoms with Crippen molar-refractivity contribution in [3.05, 3.63) is 17.8 Å². The van der Waals surface area contributed by atoms with Gasteiger partial charge in [0.1, 0.15) is 0 Å². The molecule has 1 aliphatic rings. The van der Waals surface area contributed by atoms with Crippen LogP contribution in [0, 0.1) is 11.8 Å². The van der Waals surface area contributed by atoms with Gasteiger partial charge in [0.25, 0.3) is 5.91 Å². The highest BCUT2D eigenvalue weighted by Gasteiger charge is 2.19. The van der Waals surface area contributed by atoms with Gasteiger partial charge >= 0.3 is 0 Å². The lowest BCUT2D eigenvalue weighted by atomic mass is 9.83. The van der Waals surface area contributed by atoms with Gasteiger partial charge in [0.15, 0.2) is 11.5 Å². The van der Waals surface area contributed by atoms with Gasteiger partial charge in [0.05, 0.1) is 0 Å². The lowest BCUT2D eigenvalue weighted by Gasteiger charge is -2.26. The molecule has 19 heavy (non-hydrogen) atoms. The Morgan fingerprint density at radius 2 is 2.05 bits per heavy atom. The number of amides is 1. The van der Waals surface area contributed by atoms with E-state index in [1.165, 1.54) is 25.7 Å². The third kappa shape index (κ3) is 3.89. The quantitative estimate of drug-likeness (QED) is 0.562. The van der Waals surface area contributed by atoms with Crippen LogP contribution in [0.1, 0.15) is 43.1 Å². The van der Waals surface area contributed by atoms with Gasteiger partial charge in [-0.3, -0.25) is 4.79 Å². The first-order valence-electron chi connectivity index (χ1n) is 6.77. The number of aromatic nitrogens is 2. The molecule has 1 saturated carbocycles. The Morgan fingerprint density at radius 1 is 1.32 bits per heavy atom. The summed E-state index contributed by atoms with van der Waals surface area (Å²) in [4.78, 5) is 11.9. The van der Waals surface area contributed by atoms with Crippen molar-refractivity contribution in [2.24, 2.45) is 17.7 Å². The number of nitrogens with one attached hydrogen (secondary N) is 2. The van der Waals surface area contributed by atoms with E-state index in [1.807, 2.05) is 0 Å². The predicted octanol–water partition coefficient (Wildman–Crippen LogP) is 1.32. The molecule has 0 atom stereocenters. The molecule has 0 saturated heterocycles. The number of hydrogen-bond donors (Lipinski definition) is 3. The van der Waals surface area contributed by atoms with Gasteiger partial charge in [-0.05, 0) is 36.8 Å². The Bertz CT molecular complexity index is 412. The van der Waals surface area contributed by atoms with Crippen LogP contribution in [0.25, 0.3) is 0 Å². The third-order valence-corrected chi connectivity index (χ3v) is 3.73. The molecular weight excluding hydrogens is 242 g/mol. The van der Waals surface area contributed by atoms with Crippen LogP contribution in [0.3, 0.4) is 0 Å². The van der Waals surface area contributed by atoms with Crippen molar-refractivity contribution < 1.29 is 4.79 Å². The zero-order valence-electron chi connectivity index (χ0n) is 11.2. The van der Waals surface area contributed by atoms with Crippen LogP contribution in [0.5, 0.6) is 0 Å². The fraction of sp³-hybridized carbons (Fsp3) is 0.615. The normalized spacial score (nSPS) is 22.8. The molecule has 0 radical (unpaired) electrons. The third-order valence-electron chi connectivity index (χ3n) is 3.73. The Morgan fingerprint density at radius 3 is 2.63 bits per heavy atom. The average molecular weight is 263 g/mol. The molecule has 0 aliphatic heterocycles. The van der Waals surface area contributed by atoms with Gasteiger partial charge in [0.2, 0.25) is 0 Å². The largest absolute Gasteiger partial charge is 0.350 e. The van der Waals surface area contributed by atoms with Crippen LogP contribution in [0.2, 0.25) is 0 Å². The first-order valence-corrected chi connectivity index (χ1v) is 6.77. The maximum atomic E-state index is 11.9. The summed E-state index contributed by atoms with van der Waals surface area (Å²) < 4.78 is 0. The lowest BCUT2D eigenvalue weighted by molar-refractivity contribution is 0.0936. The highest BCUT2D eigenvalue weighted by molar-refractivity contribution is 5.92. The number of nitrogens with two attached hydrogens (primary N) is 1. The molecule has 0 bridgehead atoms. The first kappa shape index (κ1) is 13.7. The van der Waals surface area contributed by atoms with Crippen molar-refractivity contribution in [3.63, 3.8) is 0 Å².